The van der Waals surface area contributed by atoms with Crippen LogP contribution in [0.4, 0.5) is 0 Å². The smallest absolute Gasteiger partial charge is 0.193 e. The third-order valence-corrected chi connectivity index (χ3v) is 4.64. The summed E-state index contributed by atoms with van der Waals surface area (Å²) in [6.07, 6.45) is 0. The monoisotopic (exact) mass is 318 g/mol. The first-order chi connectivity index (χ1) is 10.6. The maximum atomic E-state index is 12.7. The first-order valence-corrected chi connectivity index (χ1v) is 7.77. The first kappa shape index (κ1) is 16.3. The third-order valence-electron chi connectivity index (χ3n) is 3.34. The Morgan fingerprint density at radius 1 is 0.955 bits per heavy atom. The van der Waals surface area contributed by atoms with E-state index in [0.717, 1.165) is 10.9 Å². The van der Waals surface area contributed by atoms with Crippen molar-refractivity contribution in [3.8, 4) is 17.2 Å². The molecular weight excluding hydrogens is 299 g/mol. The molecule has 2 aromatic rings. The molecule has 0 saturated carbocycles. The molecule has 4 nitrogen and oxygen atoms in total. The SMILES string of the molecule is COc1cc(OC)c(C(=O)Pc2ccccc2C)c(OC)c1. The molecule has 116 valence electrons. The topological polar surface area (TPSA) is 44.8 Å². The van der Waals surface area contributed by atoms with Crippen molar-refractivity contribution < 1.29 is 19.0 Å². The quantitative estimate of drug-likeness (QED) is 0.768. The summed E-state index contributed by atoms with van der Waals surface area (Å²) in [4.78, 5) is 12.7. The summed E-state index contributed by atoms with van der Waals surface area (Å²) >= 11 is 0. The van der Waals surface area contributed by atoms with Crippen LogP contribution in [0.2, 0.25) is 0 Å². The van der Waals surface area contributed by atoms with Crippen LogP contribution in [0.5, 0.6) is 17.2 Å². The van der Waals surface area contributed by atoms with Gasteiger partial charge in [0.05, 0.1) is 21.3 Å². The van der Waals surface area contributed by atoms with Gasteiger partial charge in [0.25, 0.3) is 0 Å². The van der Waals surface area contributed by atoms with Crippen LogP contribution in [0.1, 0.15) is 15.9 Å². The minimum Gasteiger partial charge on any atom is -0.496 e. The van der Waals surface area contributed by atoms with E-state index in [1.165, 1.54) is 14.2 Å². The number of aryl methyl sites for hydroxylation is 1. The Morgan fingerprint density at radius 3 is 2.05 bits per heavy atom. The zero-order valence-electron chi connectivity index (χ0n) is 13.1. The number of hydrogen-bond acceptors (Lipinski definition) is 4. The van der Waals surface area contributed by atoms with Gasteiger partial charge in [-0.25, -0.2) is 0 Å². The average Bonchev–Trinajstić information content (AvgIpc) is 2.55. The van der Waals surface area contributed by atoms with Gasteiger partial charge in [-0.2, -0.15) is 0 Å². The fourth-order valence-electron chi connectivity index (χ4n) is 2.13. The van der Waals surface area contributed by atoms with E-state index in [0.29, 0.717) is 22.8 Å². The molecule has 0 bridgehead atoms. The van der Waals surface area contributed by atoms with E-state index in [4.69, 9.17) is 14.2 Å². The standard InChI is InChI=1S/C17H19O4P/c1-11-7-5-6-8-15(11)22-17(18)16-13(20-3)9-12(19-2)10-14(16)21-4/h5-10,22H,1-4H3. The van der Waals surface area contributed by atoms with Crippen LogP contribution in [0, 0.1) is 6.92 Å². The van der Waals surface area contributed by atoms with Gasteiger partial charge in [-0.05, 0) is 26.4 Å². The summed E-state index contributed by atoms with van der Waals surface area (Å²) in [6, 6.07) is 11.2. The van der Waals surface area contributed by atoms with Crippen LogP contribution in [0.25, 0.3) is 0 Å². The molecule has 0 saturated heterocycles. The molecule has 0 aliphatic carbocycles. The lowest BCUT2D eigenvalue weighted by Crippen LogP contribution is -2.07. The maximum Gasteiger partial charge on any atom is 0.193 e. The number of ether oxygens (including phenoxy) is 3. The van der Waals surface area contributed by atoms with E-state index < -0.39 is 0 Å². The van der Waals surface area contributed by atoms with Gasteiger partial charge in [-0.1, -0.05) is 24.3 Å². The normalized spacial score (nSPS) is 10.7. The van der Waals surface area contributed by atoms with Crippen molar-refractivity contribution in [2.45, 2.75) is 6.92 Å². The first-order valence-electron chi connectivity index (χ1n) is 6.77. The molecule has 0 N–H and O–H groups in total. The van der Waals surface area contributed by atoms with Crippen molar-refractivity contribution in [1.82, 2.24) is 0 Å². The average molecular weight is 318 g/mol. The summed E-state index contributed by atoms with van der Waals surface area (Å²) < 4.78 is 15.9. The Kier molecular flexibility index (Phi) is 5.40. The molecule has 0 heterocycles. The van der Waals surface area contributed by atoms with Crippen LogP contribution in [0.3, 0.4) is 0 Å². The number of carbonyl (C=O) groups excluding carboxylic acids is 1. The summed E-state index contributed by atoms with van der Waals surface area (Å²) in [5.41, 5.74) is 1.53. The molecule has 5 heteroatoms. The number of rotatable bonds is 6. The lowest BCUT2D eigenvalue weighted by Gasteiger charge is -2.14. The molecule has 2 aromatic carbocycles. The predicted octanol–water partition coefficient (Wildman–Crippen LogP) is 3.17. The molecule has 1 atom stereocenters. The van der Waals surface area contributed by atoms with E-state index in [1.807, 2.05) is 31.2 Å². The molecule has 1 unspecified atom stereocenters. The minimum atomic E-state index is -0.0225. The molecular formula is C17H19O4P. The van der Waals surface area contributed by atoms with Crippen LogP contribution in [-0.2, 0) is 0 Å². The van der Waals surface area contributed by atoms with Crippen molar-refractivity contribution in [1.29, 1.82) is 0 Å². The minimum absolute atomic E-state index is 0.0111. The molecule has 0 aliphatic heterocycles. The molecule has 0 aliphatic rings. The van der Waals surface area contributed by atoms with Gasteiger partial charge in [0.15, 0.2) is 5.52 Å². The highest BCUT2D eigenvalue weighted by Gasteiger charge is 2.21. The summed E-state index contributed by atoms with van der Waals surface area (Å²) in [7, 11) is 4.63. The lowest BCUT2D eigenvalue weighted by atomic mass is 10.2. The highest BCUT2D eigenvalue weighted by atomic mass is 31.1. The highest BCUT2D eigenvalue weighted by Crippen LogP contribution is 2.37. The highest BCUT2D eigenvalue weighted by molar-refractivity contribution is 7.66. The Morgan fingerprint density at radius 2 is 1.55 bits per heavy atom. The summed E-state index contributed by atoms with van der Waals surface area (Å²) in [5.74, 6) is 1.51. The van der Waals surface area contributed by atoms with Crippen molar-refractivity contribution in [3.63, 3.8) is 0 Å². The Hall–Kier alpha value is -2.06. The molecule has 0 fully saturated rings. The number of hydrogen-bond donors (Lipinski definition) is 0. The Balaban J connectivity index is 2.42. The van der Waals surface area contributed by atoms with Gasteiger partial charge >= 0.3 is 0 Å². The zero-order valence-corrected chi connectivity index (χ0v) is 14.1. The Labute approximate surface area is 132 Å². The van der Waals surface area contributed by atoms with Gasteiger partial charge in [-0.3, -0.25) is 4.79 Å². The van der Waals surface area contributed by atoms with Gasteiger partial charge in [0.1, 0.15) is 22.8 Å². The van der Waals surface area contributed by atoms with Gasteiger partial charge in [0.2, 0.25) is 0 Å². The van der Waals surface area contributed by atoms with E-state index in [-0.39, 0.29) is 14.1 Å². The zero-order chi connectivity index (χ0) is 16.1. The fraction of sp³-hybridized carbons (Fsp3) is 0.235. The third kappa shape index (κ3) is 3.40. The Bertz CT molecular complexity index is 657. The second-order valence-electron chi connectivity index (χ2n) is 4.68. The van der Waals surface area contributed by atoms with Crippen LogP contribution >= 0.6 is 8.58 Å². The van der Waals surface area contributed by atoms with E-state index >= 15 is 0 Å². The number of carbonyl (C=O) groups is 1. The van der Waals surface area contributed by atoms with Gasteiger partial charge in [0, 0.05) is 12.1 Å². The molecule has 0 radical (unpaired) electrons. The van der Waals surface area contributed by atoms with E-state index in [1.54, 1.807) is 19.2 Å². The van der Waals surface area contributed by atoms with Gasteiger partial charge in [-0.15, -0.1) is 0 Å². The number of methoxy groups -OCH3 is 3. The van der Waals surface area contributed by atoms with E-state index in [2.05, 4.69) is 0 Å². The van der Waals surface area contributed by atoms with Gasteiger partial charge < -0.3 is 14.2 Å². The second-order valence-corrected chi connectivity index (χ2v) is 5.92. The van der Waals surface area contributed by atoms with E-state index in [9.17, 15) is 4.79 Å². The molecule has 22 heavy (non-hydrogen) atoms. The van der Waals surface area contributed by atoms with Crippen molar-refractivity contribution in [2.24, 2.45) is 0 Å². The predicted molar refractivity (Wildman–Crippen MR) is 89.6 cm³/mol. The van der Waals surface area contributed by atoms with Crippen molar-refractivity contribution in [2.75, 3.05) is 21.3 Å². The van der Waals surface area contributed by atoms with Crippen LogP contribution < -0.4 is 19.5 Å². The van der Waals surface area contributed by atoms with Crippen molar-refractivity contribution >= 4 is 19.4 Å². The fourth-order valence-corrected chi connectivity index (χ4v) is 3.20. The molecule has 2 rings (SSSR count). The van der Waals surface area contributed by atoms with Crippen LogP contribution in [-0.4, -0.2) is 26.9 Å². The lowest BCUT2D eigenvalue weighted by molar-refractivity contribution is 0.108. The molecule has 0 amide bonds. The molecule has 0 aromatic heterocycles. The molecule has 0 spiro atoms. The van der Waals surface area contributed by atoms with Crippen molar-refractivity contribution in [3.05, 3.63) is 47.5 Å². The summed E-state index contributed by atoms with van der Waals surface area (Å²) in [5, 5.41) is 1.02. The number of benzene rings is 2. The second kappa shape index (κ2) is 7.28. The van der Waals surface area contributed by atoms with Crippen LogP contribution in [0.15, 0.2) is 36.4 Å². The summed E-state index contributed by atoms with van der Waals surface area (Å²) in [6.45, 7) is 2.00. The maximum absolute atomic E-state index is 12.7. The largest absolute Gasteiger partial charge is 0.496 e.